The average molecular weight is 163 g/mol. The molecule has 1 aromatic rings. The van der Waals surface area contributed by atoms with E-state index in [1.165, 1.54) is 5.56 Å². The van der Waals surface area contributed by atoms with Gasteiger partial charge in [-0.05, 0) is 0 Å². The van der Waals surface area contributed by atoms with Crippen LogP contribution >= 0.6 is 0 Å². The molecule has 1 aromatic heterocycles. The number of ether oxygens (including phenoxy) is 1. The predicted molar refractivity (Wildman–Crippen MR) is 50.8 cm³/mol. The van der Waals surface area contributed by atoms with E-state index in [-0.39, 0.29) is 6.23 Å². The molecule has 0 amide bonds. The fourth-order valence-corrected chi connectivity index (χ4v) is 0.895. The van der Waals surface area contributed by atoms with Crippen molar-refractivity contribution in [1.82, 2.24) is 0 Å². The Morgan fingerprint density at radius 3 is 3.08 bits per heavy atom. The van der Waals surface area contributed by atoms with E-state index in [9.17, 15) is 0 Å². The summed E-state index contributed by atoms with van der Waals surface area (Å²) in [6, 6.07) is 4.03. The molecule has 1 unspecified atom stereocenters. The van der Waals surface area contributed by atoms with Crippen molar-refractivity contribution in [3.63, 3.8) is 0 Å². The molecular formula is C9H14BNO. The van der Waals surface area contributed by atoms with Crippen molar-refractivity contribution < 1.29 is 4.74 Å². The second-order valence-corrected chi connectivity index (χ2v) is 2.74. The van der Waals surface area contributed by atoms with Gasteiger partial charge in [-0.15, -0.1) is 0 Å². The number of nitrogens with two attached hydrogens (primary N) is 1. The van der Waals surface area contributed by atoms with E-state index < -0.39 is 0 Å². The molecule has 0 radical (unpaired) electrons. The maximum absolute atomic E-state index is 5.60. The van der Waals surface area contributed by atoms with Gasteiger partial charge in [-0.3, -0.25) is 0 Å². The van der Waals surface area contributed by atoms with Crippen molar-refractivity contribution >= 4 is 6.91 Å². The van der Waals surface area contributed by atoms with Gasteiger partial charge in [0.2, 0.25) is 0 Å². The molecule has 12 heavy (non-hydrogen) atoms. The summed E-state index contributed by atoms with van der Waals surface area (Å²) in [7, 11) is 0. The third kappa shape index (κ3) is 3.16. The molecule has 1 atom stereocenters. The molecule has 0 aliphatic carbocycles. The molecule has 0 fully saturated rings. The quantitative estimate of drug-likeness (QED) is 0.677. The Kier molecular flexibility index (Phi) is 3.98. The zero-order valence-corrected chi connectivity index (χ0v) is 7.36. The fraction of sp³-hybridized carbons (Fsp3) is 0.444. The summed E-state index contributed by atoms with van der Waals surface area (Å²) in [6.45, 7) is 4.61. The van der Waals surface area contributed by atoms with Crippen LogP contribution in [0.2, 0.25) is 0 Å². The minimum absolute atomic E-state index is 0.134. The van der Waals surface area contributed by atoms with E-state index in [2.05, 4.69) is 0 Å². The van der Waals surface area contributed by atoms with Crippen LogP contribution in [0.3, 0.4) is 0 Å². The van der Waals surface area contributed by atoms with Crippen molar-refractivity contribution in [2.45, 2.75) is 26.2 Å². The Balaban J connectivity index is 2.33. The number of rotatable bonds is 4. The van der Waals surface area contributed by atoms with Crippen LogP contribution in [0.4, 0.5) is 0 Å². The predicted octanol–water partition coefficient (Wildman–Crippen LogP) is 1.24. The average Bonchev–Trinajstić information content (AvgIpc) is 2.16. The van der Waals surface area contributed by atoms with Gasteiger partial charge in [0.15, 0.2) is 0 Å². The van der Waals surface area contributed by atoms with Crippen molar-refractivity contribution in [3.8, 4) is 0 Å². The van der Waals surface area contributed by atoms with Crippen LogP contribution in [-0.2, 0) is 11.3 Å². The van der Waals surface area contributed by atoms with Crippen molar-refractivity contribution in [3.05, 3.63) is 29.6 Å². The molecule has 0 aliphatic rings. The second kappa shape index (κ2) is 5.06. The molecule has 64 valence electrons. The van der Waals surface area contributed by atoms with Crippen LogP contribution in [0.5, 0.6) is 0 Å². The summed E-state index contributed by atoms with van der Waals surface area (Å²) in [5.74, 6) is 4.02. The zero-order valence-electron chi connectivity index (χ0n) is 7.36. The van der Waals surface area contributed by atoms with Crippen LogP contribution in [0, 0.1) is 0 Å². The van der Waals surface area contributed by atoms with E-state index in [0.717, 1.165) is 6.42 Å². The van der Waals surface area contributed by atoms with Crippen LogP contribution in [0.1, 0.15) is 18.9 Å². The molecule has 1 heterocycles. The first-order valence-electron chi connectivity index (χ1n) is 4.24. The molecule has 0 aromatic carbocycles. The van der Waals surface area contributed by atoms with Gasteiger partial charge in [-0.1, -0.05) is 0 Å². The Morgan fingerprint density at radius 2 is 2.50 bits per heavy atom. The van der Waals surface area contributed by atoms with E-state index in [0.29, 0.717) is 6.61 Å². The molecule has 0 saturated heterocycles. The Morgan fingerprint density at radius 1 is 1.67 bits per heavy atom. The fourth-order valence-electron chi connectivity index (χ4n) is 0.895. The molecular weight excluding hydrogens is 149 g/mol. The van der Waals surface area contributed by atoms with Crippen LogP contribution in [0.15, 0.2) is 24.1 Å². The molecule has 0 bridgehead atoms. The molecule has 0 spiro atoms. The van der Waals surface area contributed by atoms with Gasteiger partial charge in [-0.2, -0.15) is 0 Å². The van der Waals surface area contributed by atoms with E-state index in [4.69, 9.17) is 10.5 Å². The van der Waals surface area contributed by atoms with Crippen molar-refractivity contribution in [2.75, 3.05) is 0 Å². The maximum atomic E-state index is 5.60. The molecule has 3 heteroatoms. The monoisotopic (exact) mass is 163 g/mol. The number of hydrogen-bond acceptors (Lipinski definition) is 2. The van der Waals surface area contributed by atoms with Gasteiger partial charge in [0.25, 0.3) is 0 Å². The third-order valence-electron chi connectivity index (χ3n) is 1.71. The standard InChI is InChI=1S/C9H14BNO/c1-2-9(11)12-7-8-4-3-5-10-6-8/h3-6,9H,2,7,11H2,1H3. The van der Waals surface area contributed by atoms with Gasteiger partial charge in [0.1, 0.15) is 0 Å². The topological polar surface area (TPSA) is 35.2 Å². The summed E-state index contributed by atoms with van der Waals surface area (Å²) >= 11 is 0. The van der Waals surface area contributed by atoms with Gasteiger partial charge in [0.05, 0.1) is 0 Å². The first-order valence-corrected chi connectivity index (χ1v) is 4.24. The summed E-state index contributed by atoms with van der Waals surface area (Å²) in [6.07, 6.45) is 0.720. The minimum atomic E-state index is -0.134. The molecule has 0 aliphatic heterocycles. The van der Waals surface area contributed by atoms with Crippen molar-refractivity contribution in [1.29, 1.82) is 0 Å². The first-order chi connectivity index (χ1) is 5.83. The van der Waals surface area contributed by atoms with Gasteiger partial charge in [-0.25, -0.2) is 0 Å². The zero-order chi connectivity index (χ0) is 8.81. The van der Waals surface area contributed by atoms with Gasteiger partial charge in [0, 0.05) is 0 Å². The summed E-state index contributed by atoms with van der Waals surface area (Å²) in [4.78, 5) is 0. The molecule has 0 saturated carbocycles. The third-order valence-corrected chi connectivity index (χ3v) is 1.71. The summed E-state index contributed by atoms with van der Waals surface area (Å²) < 4.78 is 5.35. The van der Waals surface area contributed by atoms with Gasteiger partial charge < -0.3 is 0 Å². The Labute approximate surface area is 73.9 Å². The normalized spacial score (nSPS) is 12.5. The van der Waals surface area contributed by atoms with Crippen molar-refractivity contribution in [2.24, 2.45) is 5.73 Å². The second-order valence-electron chi connectivity index (χ2n) is 2.74. The van der Waals surface area contributed by atoms with E-state index in [1.807, 2.05) is 37.9 Å². The number of hydrogen-bond donors (Lipinski definition) is 1. The summed E-state index contributed by atoms with van der Waals surface area (Å²) in [5, 5.41) is 0. The van der Waals surface area contributed by atoms with Crippen LogP contribution in [-0.4, -0.2) is 13.1 Å². The van der Waals surface area contributed by atoms with E-state index >= 15 is 0 Å². The first kappa shape index (κ1) is 9.42. The van der Waals surface area contributed by atoms with Gasteiger partial charge >= 0.3 is 73.2 Å². The van der Waals surface area contributed by atoms with Crippen LogP contribution in [0.25, 0.3) is 0 Å². The Hall–Kier alpha value is -0.665. The molecule has 2 nitrogen and oxygen atoms in total. The molecule has 2 N–H and O–H groups in total. The van der Waals surface area contributed by atoms with Crippen LogP contribution < -0.4 is 5.73 Å². The molecule has 1 rings (SSSR count). The summed E-state index contributed by atoms with van der Waals surface area (Å²) in [5.41, 5.74) is 6.77. The van der Waals surface area contributed by atoms with E-state index in [1.54, 1.807) is 0 Å². The Bertz CT molecular complexity index is 215. The SMILES string of the molecule is CCC(N)OCc1cbccc1.